The molecule has 0 aromatic carbocycles. The zero-order valence-corrected chi connectivity index (χ0v) is 10.00. The third kappa shape index (κ3) is 4.20. The predicted molar refractivity (Wildman–Crippen MR) is 64.9 cm³/mol. The molecule has 0 spiro atoms. The molecule has 2 unspecified atom stereocenters. The Bertz CT molecular complexity index is 265. The molecule has 0 saturated carbocycles. The number of thioether (sulfide) groups is 1. The van der Waals surface area contributed by atoms with E-state index in [1.165, 1.54) is 0 Å². The highest BCUT2D eigenvalue weighted by Crippen LogP contribution is 2.10. The van der Waals surface area contributed by atoms with Crippen LogP contribution in [0.2, 0.25) is 0 Å². The second-order valence-corrected chi connectivity index (χ2v) is 4.52. The topological polar surface area (TPSA) is 45.1 Å². The van der Waals surface area contributed by atoms with Crippen LogP contribution < -0.4 is 5.32 Å². The van der Waals surface area contributed by atoms with E-state index in [0.29, 0.717) is 0 Å². The Morgan fingerprint density at radius 2 is 2.33 bits per heavy atom. The fourth-order valence-electron chi connectivity index (χ4n) is 1.34. The standard InChI is InChI=1S/C11H18N2OS/c1-9(11(8-14)15-2)13-7-10-5-3-4-6-12-10/h3-6,9,11,13-14H,7-8H2,1-2H3. The SMILES string of the molecule is CSC(CO)C(C)NCc1ccccn1. The van der Waals surface area contributed by atoms with Gasteiger partial charge in [-0.2, -0.15) is 11.8 Å². The molecule has 4 heteroatoms. The van der Waals surface area contributed by atoms with E-state index in [0.717, 1.165) is 12.2 Å². The van der Waals surface area contributed by atoms with Crippen molar-refractivity contribution in [2.75, 3.05) is 12.9 Å². The minimum atomic E-state index is 0.206. The summed E-state index contributed by atoms with van der Waals surface area (Å²) >= 11 is 1.68. The van der Waals surface area contributed by atoms with Gasteiger partial charge in [0.2, 0.25) is 0 Å². The monoisotopic (exact) mass is 226 g/mol. The van der Waals surface area contributed by atoms with Gasteiger partial charge in [-0.25, -0.2) is 0 Å². The highest BCUT2D eigenvalue weighted by Gasteiger charge is 2.14. The van der Waals surface area contributed by atoms with Gasteiger partial charge in [0.15, 0.2) is 0 Å². The summed E-state index contributed by atoms with van der Waals surface area (Å²) in [5.74, 6) is 0. The minimum Gasteiger partial charge on any atom is -0.395 e. The van der Waals surface area contributed by atoms with Crippen LogP contribution in [0.5, 0.6) is 0 Å². The first-order valence-electron chi connectivity index (χ1n) is 5.05. The maximum atomic E-state index is 9.12. The molecular formula is C11H18N2OS. The Morgan fingerprint density at radius 1 is 1.53 bits per heavy atom. The smallest absolute Gasteiger partial charge is 0.0564 e. The maximum absolute atomic E-state index is 9.12. The first-order valence-corrected chi connectivity index (χ1v) is 6.33. The van der Waals surface area contributed by atoms with Crippen molar-refractivity contribution < 1.29 is 5.11 Å². The van der Waals surface area contributed by atoms with Crippen molar-refractivity contribution in [2.45, 2.75) is 24.8 Å². The van der Waals surface area contributed by atoms with Gasteiger partial charge in [-0.1, -0.05) is 6.07 Å². The van der Waals surface area contributed by atoms with Crippen LogP contribution in [0, 0.1) is 0 Å². The van der Waals surface area contributed by atoms with E-state index in [-0.39, 0.29) is 17.9 Å². The molecule has 0 aliphatic heterocycles. The summed E-state index contributed by atoms with van der Waals surface area (Å²) in [4.78, 5) is 4.23. The molecule has 0 aliphatic rings. The number of nitrogens with one attached hydrogen (secondary N) is 1. The Labute approximate surface area is 95.3 Å². The Hall–Kier alpha value is -0.580. The van der Waals surface area contributed by atoms with Crippen LogP contribution in [-0.2, 0) is 6.54 Å². The first-order chi connectivity index (χ1) is 7.27. The van der Waals surface area contributed by atoms with E-state index in [1.54, 1.807) is 18.0 Å². The van der Waals surface area contributed by atoms with Crippen LogP contribution >= 0.6 is 11.8 Å². The Morgan fingerprint density at radius 3 is 2.87 bits per heavy atom. The zero-order valence-electron chi connectivity index (χ0n) is 9.18. The largest absolute Gasteiger partial charge is 0.395 e. The molecule has 0 amide bonds. The van der Waals surface area contributed by atoms with Gasteiger partial charge in [0.05, 0.1) is 12.3 Å². The molecule has 1 aromatic heterocycles. The fourth-order valence-corrected chi connectivity index (χ4v) is 1.99. The molecule has 3 nitrogen and oxygen atoms in total. The van der Waals surface area contributed by atoms with Gasteiger partial charge in [-0.05, 0) is 25.3 Å². The van der Waals surface area contributed by atoms with Gasteiger partial charge < -0.3 is 10.4 Å². The molecule has 0 bridgehead atoms. The zero-order chi connectivity index (χ0) is 11.1. The lowest BCUT2D eigenvalue weighted by molar-refractivity contribution is 0.275. The quantitative estimate of drug-likeness (QED) is 0.767. The number of rotatable bonds is 6. The molecule has 1 rings (SSSR count). The summed E-state index contributed by atoms with van der Waals surface area (Å²) in [6.45, 7) is 3.04. The summed E-state index contributed by atoms with van der Waals surface area (Å²) in [7, 11) is 0. The summed E-state index contributed by atoms with van der Waals surface area (Å²) in [5, 5.41) is 12.7. The van der Waals surface area contributed by atoms with Crippen molar-refractivity contribution in [1.82, 2.24) is 10.3 Å². The number of aliphatic hydroxyl groups excluding tert-OH is 1. The number of nitrogens with zero attached hydrogens (tertiary/aromatic N) is 1. The number of pyridine rings is 1. The Kier molecular flexibility index (Phi) is 5.68. The molecule has 2 atom stereocenters. The molecule has 0 aliphatic carbocycles. The second-order valence-electron chi connectivity index (χ2n) is 3.45. The van der Waals surface area contributed by atoms with Crippen molar-refractivity contribution in [1.29, 1.82) is 0 Å². The number of aliphatic hydroxyl groups is 1. The van der Waals surface area contributed by atoms with Crippen LogP contribution in [0.25, 0.3) is 0 Å². The van der Waals surface area contributed by atoms with Gasteiger partial charge in [-0.3, -0.25) is 4.98 Å². The third-order valence-corrected chi connectivity index (χ3v) is 3.53. The molecule has 0 saturated heterocycles. The summed E-state index contributed by atoms with van der Waals surface area (Å²) in [6, 6.07) is 6.16. The van der Waals surface area contributed by atoms with Gasteiger partial charge >= 0.3 is 0 Å². The van der Waals surface area contributed by atoms with Crippen LogP contribution in [-0.4, -0.2) is 34.2 Å². The predicted octanol–water partition coefficient (Wildman–Crippen LogP) is 1.28. The van der Waals surface area contributed by atoms with Crippen molar-refractivity contribution in [3.63, 3.8) is 0 Å². The average molecular weight is 226 g/mol. The van der Waals surface area contributed by atoms with Crippen molar-refractivity contribution in [3.05, 3.63) is 30.1 Å². The highest BCUT2D eigenvalue weighted by molar-refractivity contribution is 7.99. The lowest BCUT2D eigenvalue weighted by atomic mass is 10.2. The van der Waals surface area contributed by atoms with E-state index in [1.807, 2.05) is 24.5 Å². The average Bonchev–Trinajstić information content (AvgIpc) is 2.29. The maximum Gasteiger partial charge on any atom is 0.0564 e. The molecule has 2 N–H and O–H groups in total. The minimum absolute atomic E-state index is 0.206. The number of hydrogen-bond donors (Lipinski definition) is 2. The number of aromatic nitrogens is 1. The van der Waals surface area contributed by atoms with E-state index < -0.39 is 0 Å². The first kappa shape index (κ1) is 12.5. The lowest BCUT2D eigenvalue weighted by Gasteiger charge is -2.21. The highest BCUT2D eigenvalue weighted by atomic mass is 32.2. The van der Waals surface area contributed by atoms with Gasteiger partial charge in [0, 0.05) is 24.0 Å². The van der Waals surface area contributed by atoms with Crippen LogP contribution in [0.3, 0.4) is 0 Å². The molecule has 0 fully saturated rings. The van der Waals surface area contributed by atoms with E-state index in [2.05, 4.69) is 17.2 Å². The lowest BCUT2D eigenvalue weighted by Crippen LogP contribution is -2.37. The summed E-state index contributed by atoms with van der Waals surface area (Å²) < 4.78 is 0. The molecular weight excluding hydrogens is 208 g/mol. The van der Waals surface area contributed by atoms with Crippen molar-refractivity contribution in [2.24, 2.45) is 0 Å². The number of hydrogen-bond acceptors (Lipinski definition) is 4. The molecule has 0 radical (unpaired) electrons. The van der Waals surface area contributed by atoms with E-state index in [4.69, 9.17) is 5.11 Å². The summed E-state index contributed by atoms with van der Waals surface area (Å²) in [6.07, 6.45) is 3.81. The van der Waals surface area contributed by atoms with Crippen LogP contribution in [0.15, 0.2) is 24.4 Å². The second kappa shape index (κ2) is 6.82. The Balaban J connectivity index is 2.36. The van der Waals surface area contributed by atoms with Crippen molar-refractivity contribution >= 4 is 11.8 Å². The van der Waals surface area contributed by atoms with Gasteiger partial charge in [0.25, 0.3) is 0 Å². The third-order valence-electron chi connectivity index (χ3n) is 2.37. The van der Waals surface area contributed by atoms with Crippen LogP contribution in [0.4, 0.5) is 0 Å². The van der Waals surface area contributed by atoms with Crippen LogP contribution in [0.1, 0.15) is 12.6 Å². The van der Waals surface area contributed by atoms with E-state index in [9.17, 15) is 0 Å². The fraction of sp³-hybridized carbons (Fsp3) is 0.545. The summed E-state index contributed by atoms with van der Waals surface area (Å²) in [5.41, 5.74) is 1.03. The van der Waals surface area contributed by atoms with Crippen molar-refractivity contribution in [3.8, 4) is 0 Å². The van der Waals surface area contributed by atoms with Gasteiger partial charge in [-0.15, -0.1) is 0 Å². The van der Waals surface area contributed by atoms with Gasteiger partial charge in [0.1, 0.15) is 0 Å². The molecule has 1 heterocycles. The molecule has 1 aromatic rings. The molecule has 84 valence electrons. The molecule has 15 heavy (non-hydrogen) atoms. The van der Waals surface area contributed by atoms with E-state index >= 15 is 0 Å². The normalized spacial score (nSPS) is 14.9.